The Kier molecular flexibility index (Phi) is 12.2. The van der Waals surface area contributed by atoms with E-state index in [2.05, 4.69) is 0 Å². The third-order valence-corrected chi connectivity index (χ3v) is 5.56. The lowest BCUT2D eigenvalue weighted by atomic mass is 9.96. The van der Waals surface area contributed by atoms with Crippen LogP contribution in [-0.2, 0) is 66.6 Å². The van der Waals surface area contributed by atoms with Gasteiger partial charge in [0.2, 0.25) is 6.29 Å². The highest BCUT2D eigenvalue weighted by Gasteiger charge is 2.57. The second-order valence-electron chi connectivity index (χ2n) is 8.84. The molecule has 2 rings (SSSR count). The van der Waals surface area contributed by atoms with Gasteiger partial charge in [-0.1, -0.05) is 0 Å². The van der Waals surface area contributed by atoms with Crippen molar-refractivity contribution in [2.45, 2.75) is 96.0 Å². The normalized spacial score (nSPS) is 33.0. The van der Waals surface area contributed by atoms with Crippen molar-refractivity contribution < 1.29 is 86.7 Å². The van der Waals surface area contributed by atoms with Gasteiger partial charge in [-0.2, -0.15) is 0 Å². The van der Waals surface area contributed by atoms with Gasteiger partial charge in [0.15, 0.2) is 36.8 Å². The summed E-state index contributed by atoms with van der Waals surface area (Å²) in [5, 5.41) is 29.7. The lowest BCUT2D eigenvalue weighted by Gasteiger charge is -2.47. The van der Waals surface area contributed by atoms with Crippen LogP contribution in [0.3, 0.4) is 0 Å². The molecule has 0 unspecified atom stereocenters. The first-order valence-corrected chi connectivity index (χ1v) is 12.1. The molecule has 2 aliphatic heterocycles. The highest BCUT2D eigenvalue weighted by atomic mass is 16.8. The maximum absolute atomic E-state index is 12.0. The number of hydrogen-bond acceptors (Lipinski definition) is 17. The zero-order valence-electron chi connectivity index (χ0n) is 22.7. The molecule has 0 aromatic heterocycles. The maximum Gasteiger partial charge on any atom is 0.506 e. The van der Waals surface area contributed by atoms with Crippen molar-refractivity contribution in [2.24, 2.45) is 0 Å². The van der Waals surface area contributed by atoms with Gasteiger partial charge in [0.05, 0.1) is 6.61 Å². The third-order valence-electron chi connectivity index (χ3n) is 5.56. The number of esters is 5. The van der Waals surface area contributed by atoms with Crippen molar-refractivity contribution in [3.8, 4) is 0 Å². The fourth-order valence-electron chi connectivity index (χ4n) is 4.15. The van der Waals surface area contributed by atoms with Gasteiger partial charge >= 0.3 is 36.0 Å². The Bertz CT molecular complexity index is 982. The standard InChI is InChI=1S/C23H32O18/c1-8(25)33-7-14-16(34-9(2)26)18(41-23(31)32)20(36-11(4)28)22(39-14)40-19-17(35-10(3)27)15(30)13(6-24)38-21(19)37-12(5)29/h13-22,24,30H,6-7H2,1-5H3,(H,31,32)/t13-,14+,15+,16+,17-,18+,19-,20-,21-,22+/m0/s1. The second kappa shape index (κ2) is 14.9. The van der Waals surface area contributed by atoms with E-state index < -0.39 is 111 Å². The highest BCUT2D eigenvalue weighted by Crippen LogP contribution is 2.34. The molecule has 0 aliphatic carbocycles. The minimum absolute atomic E-state index is 0.642. The average Bonchev–Trinajstić information content (AvgIpc) is 2.83. The Morgan fingerprint density at radius 1 is 0.610 bits per heavy atom. The molecule has 2 aliphatic rings. The van der Waals surface area contributed by atoms with E-state index in [9.17, 15) is 44.1 Å². The van der Waals surface area contributed by atoms with Gasteiger partial charge in [0.25, 0.3) is 0 Å². The maximum atomic E-state index is 12.0. The van der Waals surface area contributed by atoms with E-state index in [0.29, 0.717) is 0 Å². The van der Waals surface area contributed by atoms with Crippen molar-refractivity contribution in [3.05, 3.63) is 0 Å². The first kappa shape index (κ1) is 33.6. The van der Waals surface area contributed by atoms with Crippen LogP contribution in [0, 0.1) is 0 Å². The summed E-state index contributed by atoms with van der Waals surface area (Å²) in [4.78, 5) is 70.6. The quantitative estimate of drug-likeness (QED) is 0.185. The van der Waals surface area contributed by atoms with Gasteiger partial charge < -0.3 is 58.0 Å². The van der Waals surface area contributed by atoms with Gasteiger partial charge in [-0.05, 0) is 0 Å². The summed E-state index contributed by atoms with van der Waals surface area (Å²) >= 11 is 0. The molecule has 0 radical (unpaired) electrons. The number of carbonyl (C=O) groups excluding carboxylic acids is 5. The van der Waals surface area contributed by atoms with Crippen LogP contribution >= 0.6 is 0 Å². The van der Waals surface area contributed by atoms with E-state index in [-0.39, 0.29) is 0 Å². The number of aliphatic hydroxyl groups is 2. The van der Waals surface area contributed by atoms with E-state index in [1.807, 2.05) is 0 Å². The van der Waals surface area contributed by atoms with Crippen LogP contribution in [0.25, 0.3) is 0 Å². The summed E-state index contributed by atoms with van der Waals surface area (Å²) in [6.07, 6.45) is -19.0. The van der Waals surface area contributed by atoms with Gasteiger partial charge in [-0.3, -0.25) is 24.0 Å². The van der Waals surface area contributed by atoms with Gasteiger partial charge in [-0.15, -0.1) is 0 Å². The molecule has 2 fully saturated rings. The first-order chi connectivity index (χ1) is 19.1. The summed E-state index contributed by atoms with van der Waals surface area (Å²) < 4.78 is 47.5. The van der Waals surface area contributed by atoms with Gasteiger partial charge in [-0.25, -0.2) is 4.79 Å². The monoisotopic (exact) mass is 596 g/mol. The molecule has 0 aromatic carbocycles. The molecule has 3 N–H and O–H groups in total. The molecule has 2 heterocycles. The van der Waals surface area contributed by atoms with E-state index in [1.54, 1.807) is 0 Å². The SMILES string of the molecule is CC(=O)OC[C@H]1O[C@H](O[C@@H]2[C@@H](OC(C)=O)O[C@@H](CO)[C@@H](O)[C@@H]2OC(C)=O)[C@@H](OC(C)=O)[C@H](OC(=O)O)[C@@H]1OC(C)=O. The number of ether oxygens (including phenoxy) is 9. The molecule has 232 valence electrons. The van der Waals surface area contributed by atoms with Crippen molar-refractivity contribution in [2.75, 3.05) is 13.2 Å². The molecule has 0 bridgehead atoms. The summed E-state index contributed by atoms with van der Waals surface area (Å²) in [6, 6.07) is 0. The van der Waals surface area contributed by atoms with E-state index >= 15 is 0 Å². The fourth-order valence-corrected chi connectivity index (χ4v) is 4.15. The van der Waals surface area contributed by atoms with Gasteiger partial charge in [0, 0.05) is 34.6 Å². The van der Waals surface area contributed by atoms with Crippen molar-refractivity contribution in [1.82, 2.24) is 0 Å². The van der Waals surface area contributed by atoms with Crippen LogP contribution in [0.1, 0.15) is 34.6 Å². The van der Waals surface area contributed by atoms with Crippen LogP contribution in [0.2, 0.25) is 0 Å². The summed E-state index contributed by atoms with van der Waals surface area (Å²) in [7, 11) is 0. The van der Waals surface area contributed by atoms with Crippen LogP contribution in [0.15, 0.2) is 0 Å². The lowest BCUT2D eigenvalue weighted by Crippen LogP contribution is -2.67. The lowest BCUT2D eigenvalue weighted by molar-refractivity contribution is -0.363. The Morgan fingerprint density at radius 2 is 1.12 bits per heavy atom. The second-order valence-corrected chi connectivity index (χ2v) is 8.84. The van der Waals surface area contributed by atoms with Crippen LogP contribution in [0.4, 0.5) is 4.79 Å². The predicted octanol–water partition coefficient (Wildman–Crippen LogP) is -1.84. The molecule has 0 aromatic rings. The van der Waals surface area contributed by atoms with E-state index in [1.165, 1.54) is 0 Å². The molecule has 0 amide bonds. The topological polar surface area (TPSA) is 246 Å². The minimum Gasteiger partial charge on any atom is -0.463 e. The zero-order chi connectivity index (χ0) is 31.0. The molecule has 0 spiro atoms. The summed E-state index contributed by atoms with van der Waals surface area (Å²) in [6.45, 7) is 3.52. The number of carbonyl (C=O) groups is 6. The number of hydrogen-bond donors (Lipinski definition) is 3. The molecule has 10 atom stereocenters. The molecule has 41 heavy (non-hydrogen) atoms. The Hall–Kier alpha value is -3.58. The molecule has 18 nitrogen and oxygen atoms in total. The molecule has 2 saturated heterocycles. The number of carboxylic acid groups (broad SMARTS) is 1. The summed E-state index contributed by atoms with van der Waals surface area (Å²) in [5.74, 6) is -4.59. The zero-order valence-corrected chi connectivity index (χ0v) is 22.7. The molecule has 18 heteroatoms. The molecule has 0 saturated carbocycles. The largest absolute Gasteiger partial charge is 0.506 e. The molecular weight excluding hydrogens is 564 g/mol. The Labute approximate surface area is 232 Å². The number of aliphatic hydroxyl groups excluding tert-OH is 2. The van der Waals surface area contributed by atoms with E-state index in [4.69, 9.17) is 42.6 Å². The van der Waals surface area contributed by atoms with Crippen LogP contribution in [-0.4, -0.2) is 126 Å². The van der Waals surface area contributed by atoms with Crippen molar-refractivity contribution >= 4 is 36.0 Å². The van der Waals surface area contributed by atoms with Crippen molar-refractivity contribution in [3.63, 3.8) is 0 Å². The smallest absolute Gasteiger partial charge is 0.463 e. The van der Waals surface area contributed by atoms with Gasteiger partial charge in [0.1, 0.15) is 24.9 Å². The van der Waals surface area contributed by atoms with Crippen LogP contribution in [0.5, 0.6) is 0 Å². The Balaban J connectivity index is 2.61. The highest BCUT2D eigenvalue weighted by molar-refractivity contribution is 5.68. The van der Waals surface area contributed by atoms with Crippen molar-refractivity contribution in [1.29, 1.82) is 0 Å². The van der Waals surface area contributed by atoms with Crippen LogP contribution < -0.4 is 0 Å². The Morgan fingerprint density at radius 3 is 1.61 bits per heavy atom. The summed E-state index contributed by atoms with van der Waals surface area (Å²) in [5.41, 5.74) is 0. The predicted molar refractivity (Wildman–Crippen MR) is 123 cm³/mol. The number of rotatable bonds is 10. The average molecular weight is 596 g/mol. The van der Waals surface area contributed by atoms with E-state index in [0.717, 1.165) is 34.6 Å². The third kappa shape index (κ3) is 9.49. The molecular formula is C23H32O18. The minimum atomic E-state index is -1.90. The first-order valence-electron chi connectivity index (χ1n) is 12.1. The fraction of sp³-hybridized carbons (Fsp3) is 0.739.